The molecule has 0 fully saturated rings. The molecule has 1 atom stereocenters. The number of nitrogens with one attached hydrogen (secondary N) is 1. The monoisotopic (exact) mass is 559 g/mol. The van der Waals surface area contributed by atoms with Gasteiger partial charge in [-0.15, -0.1) is 0 Å². The first-order valence-electron chi connectivity index (χ1n) is 12.4. The lowest BCUT2D eigenvalue weighted by molar-refractivity contribution is -0.117. The largest absolute Gasteiger partial charge is 0.495 e. The van der Waals surface area contributed by atoms with E-state index in [9.17, 15) is 4.79 Å². The first-order chi connectivity index (χ1) is 19.4. The van der Waals surface area contributed by atoms with Crippen molar-refractivity contribution >= 4 is 34.1 Å². The Morgan fingerprint density at radius 3 is 2.33 bits per heavy atom. The molecule has 2 heterocycles. The number of para-hydroxylation sites is 1. The summed E-state index contributed by atoms with van der Waals surface area (Å²) < 4.78 is 32.5. The van der Waals surface area contributed by atoms with Gasteiger partial charge in [-0.25, -0.2) is 0 Å². The fraction of sp³-hybridized carbons (Fsp3) is 0.200. The molecule has 3 aromatic carbocycles. The number of rotatable bonds is 10. The molecule has 1 unspecified atom stereocenters. The number of carbonyl (C=O) groups excluding carboxylic acids is 1. The van der Waals surface area contributed by atoms with Crippen LogP contribution in [0, 0.1) is 0 Å². The van der Waals surface area contributed by atoms with Crippen LogP contribution in [0.1, 0.15) is 5.76 Å². The van der Waals surface area contributed by atoms with Crippen LogP contribution >= 0.6 is 11.5 Å². The summed E-state index contributed by atoms with van der Waals surface area (Å²) in [5.41, 5.74) is 10.7. The Morgan fingerprint density at radius 2 is 1.65 bits per heavy atom. The van der Waals surface area contributed by atoms with Crippen LogP contribution in [0.15, 0.2) is 70.5 Å². The standard InChI is InChI=1S/C30H29N3O6S/c1-35-25-10-9-17(21-16-40-33-28(21)19-13-26(36-2)29(38-4)27(14-19)37-3)12-23(25)32-30(34)22(31)15-20-11-18-7-5-6-8-24(18)39-20/h5-14,16,22H,15,31H2,1-4H3,(H,32,34). The third kappa shape index (κ3) is 5.31. The molecule has 0 aliphatic carbocycles. The molecular formula is C30H29N3O6S. The Labute approximate surface area is 235 Å². The number of carbonyl (C=O) groups is 1. The van der Waals surface area contributed by atoms with Crippen molar-refractivity contribution in [3.63, 3.8) is 0 Å². The van der Waals surface area contributed by atoms with Gasteiger partial charge in [-0.2, -0.15) is 4.37 Å². The minimum atomic E-state index is -0.827. The third-order valence-corrected chi connectivity index (χ3v) is 7.14. The van der Waals surface area contributed by atoms with Crippen molar-refractivity contribution in [3.05, 3.63) is 71.8 Å². The zero-order valence-electron chi connectivity index (χ0n) is 22.5. The lowest BCUT2D eigenvalue weighted by Crippen LogP contribution is -2.37. The number of hydrogen-bond acceptors (Lipinski definition) is 9. The van der Waals surface area contributed by atoms with Gasteiger partial charge in [0.1, 0.15) is 17.1 Å². The highest BCUT2D eigenvalue weighted by atomic mass is 32.1. The molecule has 9 nitrogen and oxygen atoms in total. The van der Waals surface area contributed by atoms with E-state index in [1.165, 1.54) is 11.5 Å². The third-order valence-electron chi connectivity index (χ3n) is 6.51. The number of amides is 1. The molecule has 5 rings (SSSR count). The fourth-order valence-electron chi connectivity index (χ4n) is 4.51. The zero-order valence-corrected chi connectivity index (χ0v) is 23.3. The van der Waals surface area contributed by atoms with Crippen molar-refractivity contribution in [3.8, 4) is 45.4 Å². The van der Waals surface area contributed by atoms with Gasteiger partial charge in [-0.05, 0) is 53.5 Å². The number of aromatic nitrogens is 1. The predicted molar refractivity (Wildman–Crippen MR) is 156 cm³/mol. The number of nitrogens with two attached hydrogens (primary N) is 1. The second kappa shape index (κ2) is 11.7. The van der Waals surface area contributed by atoms with Gasteiger partial charge in [0.15, 0.2) is 11.5 Å². The summed E-state index contributed by atoms with van der Waals surface area (Å²) in [6, 6.07) is 18.0. The Balaban J connectivity index is 1.42. The number of benzene rings is 3. The van der Waals surface area contributed by atoms with E-state index in [0.717, 1.165) is 33.4 Å². The minimum Gasteiger partial charge on any atom is -0.495 e. The molecule has 0 saturated carbocycles. The molecule has 0 radical (unpaired) electrons. The summed E-state index contributed by atoms with van der Waals surface area (Å²) >= 11 is 1.32. The van der Waals surface area contributed by atoms with Crippen LogP contribution in [0.3, 0.4) is 0 Å². The molecule has 1 amide bonds. The summed E-state index contributed by atoms with van der Waals surface area (Å²) in [6.45, 7) is 0. The number of methoxy groups -OCH3 is 4. The summed E-state index contributed by atoms with van der Waals surface area (Å²) in [4.78, 5) is 13.1. The summed E-state index contributed by atoms with van der Waals surface area (Å²) in [7, 11) is 6.25. The van der Waals surface area contributed by atoms with Crippen LogP contribution in [0.5, 0.6) is 23.0 Å². The number of furan rings is 1. The molecule has 10 heteroatoms. The van der Waals surface area contributed by atoms with E-state index in [-0.39, 0.29) is 12.3 Å². The lowest BCUT2D eigenvalue weighted by Gasteiger charge is -2.16. The van der Waals surface area contributed by atoms with Crippen LogP contribution in [0.25, 0.3) is 33.4 Å². The predicted octanol–water partition coefficient (Wildman–Crippen LogP) is 5.77. The second-order valence-electron chi connectivity index (χ2n) is 8.96. The van der Waals surface area contributed by atoms with E-state index in [2.05, 4.69) is 9.69 Å². The van der Waals surface area contributed by atoms with Gasteiger partial charge in [0.25, 0.3) is 0 Å². The van der Waals surface area contributed by atoms with Crippen molar-refractivity contribution in [2.24, 2.45) is 5.73 Å². The maximum atomic E-state index is 13.1. The first-order valence-corrected chi connectivity index (χ1v) is 13.3. The van der Waals surface area contributed by atoms with E-state index in [4.69, 9.17) is 29.1 Å². The SMILES string of the molecule is COc1ccc(-c2csnc2-c2cc(OC)c(OC)c(OC)c2)cc1NC(=O)C(N)Cc1cc2ccccc2o1. The number of hydrogen-bond donors (Lipinski definition) is 2. The van der Waals surface area contributed by atoms with Gasteiger partial charge in [-0.1, -0.05) is 24.3 Å². The highest BCUT2D eigenvalue weighted by molar-refractivity contribution is 7.04. The van der Waals surface area contributed by atoms with Crippen LogP contribution < -0.4 is 30.0 Å². The van der Waals surface area contributed by atoms with Crippen molar-refractivity contribution in [1.29, 1.82) is 0 Å². The van der Waals surface area contributed by atoms with Crippen LogP contribution in [0.4, 0.5) is 5.69 Å². The Bertz CT molecular complexity index is 1600. The topological polar surface area (TPSA) is 118 Å². The number of anilines is 1. The first kappa shape index (κ1) is 27.0. The summed E-state index contributed by atoms with van der Waals surface area (Å²) in [6.07, 6.45) is 0.252. The van der Waals surface area contributed by atoms with Crippen LogP contribution in [-0.4, -0.2) is 44.8 Å². The molecule has 3 N–H and O–H groups in total. The smallest absolute Gasteiger partial charge is 0.241 e. The van der Waals surface area contributed by atoms with Crippen LogP contribution in [0.2, 0.25) is 0 Å². The van der Waals surface area contributed by atoms with E-state index in [0.29, 0.717) is 34.4 Å². The van der Waals surface area contributed by atoms with Gasteiger partial charge in [0.05, 0.1) is 45.9 Å². The van der Waals surface area contributed by atoms with E-state index < -0.39 is 6.04 Å². The maximum absolute atomic E-state index is 13.1. The number of fused-ring (bicyclic) bond motifs is 1. The molecule has 40 heavy (non-hydrogen) atoms. The van der Waals surface area contributed by atoms with Gasteiger partial charge >= 0.3 is 0 Å². The normalized spacial score (nSPS) is 11.7. The molecule has 2 aromatic heterocycles. The van der Waals surface area contributed by atoms with Gasteiger partial charge < -0.3 is 34.4 Å². The van der Waals surface area contributed by atoms with Crippen molar-refractivity contribution in [2.45, 2.75) is 12.5 Å². The van der Waals surface area contributed by atoms with Gasteiger partial charge in [0.2, 0.25) is 11.7 Å². The molecule has 0 aliphatic rings. The minimum absolute atomic E-state index is 0.252. The molecule has 0 bridgehead atoms. The number of ether oxygens (including phenoxy) is 4. The number of nitrogens with zero attached hydrogens (tertiary/aromatic N) is 1. The molecule has 5 aromatic rings. The second-order valence-corrected chi connectivity index (χ2v) is 9.59. The highest BCUT2D eigenvalue weighted by Crippen LogP contribution is 2.44. The van der Waals surface area contributed by atoms with Crippen molar-refractivity contribution < 1.29 is 28.2 Å². The highest BCUT2D eigenvalue weighted by Gasteiger charge is 2.21. The Morgan fingerprint density at radius 1 is 0.925 bits per heavy atom. The fourth-order valence-corrected chi connectivity index (χ4v) is 5.23. The van der Waals surface area contributed by atoms with Crippen LogP contribution in [-0.2, 0) is 11.2 Å². The average Bonchev–Trinajstić information content (AvgIpc) is 3.63. The molecule has 0 aliphatic heterocycles. The van der Waals surface area contributed by atoms with Crippen molar-refractivity contribution in [1.82, 2.24) is 4.37 Å². The summed E-state index contributed by atoms with van der Waals surface area (Å²) in [5.74, 6) is 2.34. The average molecular weight is 560 g/mol. The Kier molecular flexibility index (Phi) is 7.90. The quantitative estimate of drug-likeness (QED) is 0.222. The van der Waals surface area contributed by atoms with E-state index >= 15 is 0 Å². The molecule has 206 valence electrons. The van der Waals surface area contributed by atoms with Gasteiger partial charge in [-0.3, -0.25) is 4.79 Å². The lowest BCUT2D eigenvalue weighted by atomic mass is 10.0. The Hall–Kier alpha value is -4.54. The maximum Gasteiger partial charge on any atom is 0.241 e. The summed E-state index contributed by atoms with van der Waals surface area (Å²) in [5, 5.41) is 5.83. The zero-order chi connectivity index (χ0) is 28.2. The molecule has 0 saturated heterocycles. The van der Waals surface area contributed by atoms with E-state index in [1.54, 1.807) is 34.5 Å². The van der Waals surface area contributed by atoms with Gasteiger partial charge in [0, 0.05) is 28.3 Å². The van der Waals surface area contributed by atoms with Crippen molar-refractivity contribution in [2.75, 3.05) is 33.8 Å². The molecule has 0 spiro atoms. The van der Waals surface area contributed by atoms with E-state index in [1.807, 2.05) is 60.0 Å². The molecular weight excluding hydrogens is 530 g/mol.